The molecule has 4 aliphatic rings. The Morgan fingerprint density at radius 1 is 1.00 bits per heavy atom. The van der Waals surface area contributed by atoms with Crippen molar-refractivity contribution in [3.05, 3.63) is 0 Å². The van der Waals surface area contributed by atoms with Gasteiger partial charge >= 0.3 is 0 Å². The van der Waals surface area contributed by atoms with Crippen molar-refractivity contribution < 1.29 is 4.79 Å². The Morgan fingerprint density at radius 2 is 1.81 bits per heavy atom. The van der Waals surface area contributed by atoms with Gasteiger partial charge in [-0.15, -0.1) is 0 Å². The van der Waals surface area contributed by atoms with Crippen LogP contribution in [-0.4, -0.2) is 11.5 Å². The van der Waals surface area contributed by atoms with E-state index in [0.717, 1.165) is 55.6 Å². The molecule has 116 valence electrons. The predicted octanol–water partition coefficient (Wildman–Crippen LogP) is 4.62. The van der Waals surface area contributed by atoms with Gasteiger partial charge in [0.25, 0.3) is 0 Å². The van der Waals surface area contributed by atoms with E-state index in [2.05, 4.69) is 13.8 Å². The second-order valence-electron chi connectivity index (χ2n) is 8.88. The van der Waals surface area contributed by atoms with Gasteiger partial charge in [-0.05, 0) is 80.5 Å². The lowest BCUT2D eigenvalue weighted by Crippen LogP contribution is -2.53. The first-order chi connectivity index (χ1) is 9.95. The Bertz CT molecular complexity index is 498. The molecule has 0 bridgehead atoms. The van der Waals surface area contributed by atoms with Gasteiger partial charge in [0.15, 0.2) is 0 Å². The summed E-state index contributed by atoms with van der Waals surface area (Å²) in [5, 5.41) is 8.06. The molecule has 4 fully saturated rings. The molecular formula is C19H29NO. The Hall–Kier alpha value is -0.660. The molecule has 2 heteroatoms. The first kappa shape index (κ1) is 14.0. The summed E-state index contributed by atoms with van der Waals surface area (Å²) in [4.78, 5) is 12.4. The van der Waals surface area contributed by atoms with Crippen LogP contribution in [0, 0.1) is 39.9 Å². The summed E-state index contributed by atoms with van der Waals surface area (Å²) in [6.45, 7) is 4.80. The highest BCUT2D eigenvalue weighted by atomic mass is 16.1. The molecule has 0 aromatic carbocycles. The topological polar surface area (TPSA) is 40.9 Å². The highest BCUT2D eigenvalue weighted by Crippen LogP contribution is 2.65. The van der Waals surface area contributed by atoms with E-state index in [0.29, 0.717) is 17.1 Å². The number of nitrogens with one attached hydrogen (secondary N) is 1. The van der Waals surface area contributed by atoms with Crippen LogP contribution in [0.15, 0.2) is 0 Å². The van der Waals surface area contributed by atoms with Crippen LogP contribution < -0.4 is 0 Å². The molecule has 6 atom stereocenters. The third-order valence-corrected chi connectivity index (χ3v) is 8.23. The molecule has 1 unspecified atom stereocenters. The van der Waals surface area contributed by atoms with Gasteiger partial charge in [0, 0.05) is 17.5 Å². The van der Waals surface area contributed by atoms with Crippen molar-refractivity contribution in [1.82, 2.24) is 0 Å². The Labute approximate surface area is 128 Å². The van der Waals surface area contributed by atoms with Crippen LogP contribution >= 0.6 is 0 Å². The van der Waals surface area contributed by atoms with Crippen LogP contribution in [0.3, 0.4) is 0 Å². The average Bonchev–Trinajstić information content (AvgIpc) is 2.76. The van der Waals surface area contributed by atoms with Crippen LogP contribution in [0.25, 0.3) is 0 Å². The second-order valence-corrected chi connectivity index (χ2v) is 8.88. The zero-order valence-corrected chi connectivity index (χ0v) is 13.6. The number of carbonyl (C=O) groups excluding carboxylic acids is 1. The monoisotopic (exact) mass is 287 g/mol. The van der Waals surface area contributed by atoms with E-state index in [4.69, 9.17) is 5.41 Å². The van der Waals surface area contributed by atoms with Crippen molar-refractivity contribution in [2.45, 2.75) is 71.6 Å². The van der Waals surface area contributed by atoms with E-state index in [1.165, 1.54) is 25.7 Å². The van der Waals surface area contributed by atoms with Crippen molar-refractivity contribution >= 4 is 11.5 Å². The van der Waals surface area contributed by atoms with Crippen molar-refractivity contribution in [3.63, 3.8) is 0 Å². The highest BCUT2D eigenvalue weighted by Gasteiger charge is 2.59. The molecule has 0 amide bonds. The third kappa shape index (κ3) is 1.77. The van der Waals surface area contributed by atoms with Gasteiger partial charge < -0.3 is 5.41 Å². The molecule has 0 spiro atoms. The molecule has 0 saturated heterocycles. The molecule has 4 saturated carbocycles. The smallest absolute Gasteiger partial charge is 0.139 e. The van der Waals surface area contributed by atoms with E-state index < -0.39 is 0 Å². The second kappa shape index (κ2) is 4.43. The Kier molecular flexibility index (Phi) is 2.94. The first-order valence-corrected chi connectivity index (χ1v) is 9.05. The van der Waals surface area contributed by atoms with Gasteiger partial charge in [-0.3, -0.25) is 4.79 Å². The summed E-state index contributed by atoms with van der Waals surface area (Å²) < 4.78 is 0. The molecule has 0 radical (unpaired) electrons. The molecule has 1 N–H and O–H groups in total. The molecule has 2 nitrogen and oxygen atoms in total. The predicted molar refractivity (Wildman–Crippen MR) is 84.5 cm³/mol. The van der Waals surface area contributed by atoms with Crippen LogP contribution in [0.5, 0.6) is 0 Å². The standard InChI is InChI=1S/C19H29NO/c1-18-9-7-13(20)11-12(18)3-4-14-15-5-6-17(21)19(15,2)10-8-16(14)18/h12,14-16,20H,3-11H2,1-2H3/t12?,14-,15-,16+,18-,19-/m0/s1. The zero-order valence-electron chi connectivity index (χ0n) is 13.6. The Morgan fingerprint density at radius 3 is 2.62 bits per heavy atom. The number of rotatable bonds is 0. The Balaban J connectivity index is 1.65. The molecule has 4 rings (SSSR count). The van der Waals surface area contributed by atoms with E-state index in [1.807, 2.05) is 0 Å². The number of hydrogen-bond donors (Lipinski definition) is 1. The van der Waals surface area contributed by atoms with E-state index in [-0.39, 0.29) is 5.41 Å². The van der Waals surface area contributed by atoms with Gasteiger partial charge in [0.1, 0.15) is 5.78 Å². The lowest BCUT2D eigenvalue weighted by atomic mass is 9.45. The largest absolute Gasteiger partial charge is 0.310 e. The fourth-order valence-electron chi connectivity index (χ4n) is 6.85. The quantitative estimate of drug-likeness (QED) is 0.694. The summed E-state index contributed by atoms with van der Waals surface area (Å²) in [5.74, 6) is 3.60. The molecular weight excluding hydrogens is 258 g/mol. The summed E-state index contributed by atoms with van der Waals surface area (Å²) in [7, 11) is 0. The number of ketones is 1. The minimum atomic E-state index is 0.0196. The van der Waals surface area contributed by atoms with E-state index in [9.17, 15) is 4.79 Å². The zero-order chi connectivity index (χ0) is 14.8. The van der Waals surface area contributed by atoms with Gasteiger partial charge in [0.2, 0.25) is 0 Å². The van der Waals surface area contributed by atoms with Gasteiger partial charge in [-0.1, -0.05) is 13.8 Å². The van der Waals surface area contributed by atoms with Gasteiger partial charge in [-0.2, -0.15) is 0 Å². The fourth-order valence-corrected chi connectivity index (χ4v) is 6.85. The van der Waals surface area contributed by atoms with E-state index in [1.54, 1.807) is 0 Å². The molecule has 0 heterocycles. The minimum absolute atomic E-state index is 0.0196. The summed E-state index contributed by atoms with van der Waals surface area (Å²) >= 11 is 0. The highest BCUT2D eigenvalue weighted by molar-refractivity contribution is 5.87. The lowest BCUT2D eigenvalue weighted by Gasteiger charge is -2.59. The maximum atomic E-state index is 12.4. The number of hydrogen-bond acceptors (Lipinski definition) is 2. The lowest BCUT2D eigenvalue weighted by molar-refractivity contribution is -0.136. The van der Waals surface area contributed by atoms with Crippen molar-refractivity contribution in [2.75, 3.05) is 0 Å². The number of carbonyl (C=O) groups is 1. The maximum absolute atomic E-state index is 12.4. The van der Waals surface area contributed by atoms with Crippen LogP contribution in [0.2, 0.25) is 0 Å². The van der Waals surface area contributed by atoms with Crippen LogP contribution in [0.1, 0.15) is 71.6 Å². The molecule has 21 heavy (non-hydrogen) atoms. The SMILES string of the molecule is C[C@]12CCC(=N)CC1CC[C@@H]1[C@H]2CC[C@]2(C)C(=O)CC[C@@H]12. The van der Waals surface area contributed by atoms with Crippen molar-refractivity contribution in [3.8, 4) is 0 Å². The van der Waals surface area contributed by atoms with Gasteiger partial charge in [0.05, 0.1) is 0 Å². The normalized spacial score (nSPS) is 53.0. The molecule has 0 aliphatic heterocycles. The average molecular weight is 287 g/mol. The number of fused-ring (bicyclic) bond motifs is 5. The fraction of sp³-hybridized carbons (Fsp3) is 0.895. The first-order valence-electron chi connectivity index (χ1n) is 9.05. The van der Waals surface area contributed by atoms with E-state index >= 15 is 0 Å². The summed E-state index contributed by atoms with van der Waals surface area (Å²) in [5.41, 5.74) is 1.47. The third-order valence-electron chi connectivity index (χ3n) is 8.23. The van der Waals surface area contributed by atoms with Crippen molar-refractivity contribution in [2.24, 2.45) is 34.5 Å². The molecule has 4 aliphatic carbocycles. The molecule has 0 aromatic rings. The summed E-state index contributed by atoms with van der Waals surface area (Å²) in [6, 6.07) is 0. The van der Waals surface area contributed by atoms with Crippen molar-refractivity contribution in [1.29, 1.82) is 5.41 Å². The minimum Gasteiger partial charge on any atom is -0.310 e. The summed E-state index contributed by atoms with van der Waals surface area (Å²) in [6.07, 6.45) is 10.3. The van der Waals surface area contributed by atoms with Crippen LogP contribution in [0.4, 0.5) is 0 Å². The number of Topliss-reactive ketones (excluding diaryl/α,β-unsaturated/α-hetero) is 1. The maximum Gasteiger partial charge on any atom is 0.139 e. The molecule has 0 aromatic heterocycles. The van der Waals surface area contributed by atoms with Gasteiger partial charge in [-0.25, -0.2) is 0 Å². The van der Waals surface area contributed by atoms with Crippen LogP contribution in [-0.2, 0) is 4.79 Å².